The molecule has 0 amide bonds. The third kappa shape index (κ3) is 5.42. The maximum Gasteiger partial charge on any atom is 0.198 e. The molecule has 0 radical (unpaired) electrons. The zero-order valence-corrected chi connectivity index (χ0v) is 21.8. The van der Waals surface area contributed by atoms with E-state index in [9.17, 15) is 0 Å². The Morgan fingerprint density at radius 3 is 2.31 bits per heavy atom. The van der Waals surface area contributed by atoms with E-state index in [1.54, 1.807) is 0 Å². The Balaban J connectivity index is 1.65. The summed E-state index contributed by atoms with van der Waals surface area (Å²) in [6.45, 7) is 16.2. The van der Waals surface area contributed by atoms with Gasteiger partial charge in [0.25, 0.3) is 0 Å². The van der Waals surface area contributed by atoms with E-state index in [1.165, 1.54) is 0 Å². The van der Waals surface area contributed by atoms with Crippen LogP contribution < -0.4 is 0 Å². The van der Waals surface area contributed by atoms with Crippen LogP contribution in [0.5, 0.6) is 0 Å². The highest BCUT2D eigenvalue weighted by molar-refractivity contribution is 14.1. The maximum atomic E-state index is 6.70. The molecule has 0 spiro atoms. The third-order valence-electron chi connectivity index (χ3n) is 6.04. The highest BCUT2D eigenvalue weighted by Crippen LogP contribution is 2.51. The van der Waals surface area contributed by atoms with Gasteiger partial charge in [-0.3, -0.25) is 0 Å². The Bertz CT molecular complexity index is 690. The van der Waals surface area contributed by atoms with Crippen LogP contribution in [0.2, 0.25) is 18.1 Å². The van der Waals surface area contributed by atoms with E-state index in [2.05, 4.69) is 68.6 Å². The second-order valence-electron chi connectivity index (χ2n) is 9.99. The first kappa shape index (κ1) is 23.6. The Labute approximate surface area is 190 Å². The van der Waals surface area contributed by atoms with Crippen molar-refractivity contribution in [3.63, 3.8) is 0 Å². The molecule has 0 N–H and O–H groups in total. The number of rotatable bonds is 8. The summed E-state index contributed by atoms with van der Waals surface area (Å²) in [7, 11) is -1.98. The minimum Gasteiger partial charge on any atom is -0.387 e. The van der Waals surface area contributed by atoms with Crippen molar-refractivity contribution < 1.29 is 23.4 Å². The van der Waals surface area contributed by atoms with Crippen LogP contribution >= 0.6 is 22.6 Å². The zero-order chi connectivity index (χ0) is 21.5. The quantitative estimate of drug-likeness (QED) is 0.197. The summed E-state index contributed by atoms with van der Waals surface area (Å²) < 4.78 is 32.0. The molecule has 0 bridgehead atoms. The lowest BCUT2D eigenvalue weighted by Gasteiger charge is -2.38. The van der Waals surface area contributed by atoms with Crippen LogP contribution in [-0.4, -0.2) is 49.2 Å². The van der Waals surface area contributed by atoms with Crippen molar-refractivity contribution in [2.45, 2.75) is 89.2 Å². The lowest BCUT2D eigenvalue weighted by atomic mass is 10.1. The van der Waals surface area contributed by atoms with Gasteiger partial charge < -0.3 is 23.4 Å². The zero-order valence-electron chi connectivity index (χ0n) is 18.7. The van der Waals surface area contributed by atoms with Gasteiger partial charge >= 0.3 is 0 Å². The lowest BCUT2D eigenvalue weighted by Crippen LogP contribution is -2.48. The van der Waals surface area contributed by atoms with Gasteiger partial charge in [-0.05, 0) is 37.5 Å². The average molecular weight is 535 g/mol. The average Bonchev–Trinajstić information content (AvgIpc) is 3.23. The summed E-state index contributed by atoms with van der Waals surface area (Å²) in [4.78, 5) is 0. The van der Waals surface area contributed by atoms with Crippen molar-refractivity contribution in [3.05, 3.63) is 35.9 Å². The summed E-state index contributed by atoms with van der Waals surface area (Å²) in [5.74, 6) is -1.25. The van der Waals surface area contributed by atoms with Crippen LogP contribution in [-0.2, 0) is 30.0 Å². The van der Waals surface area contributed by atoms with E-state index in [-0.39, 0.29) is 23.4 Å². The Hall–Kier alpha value is -0.0331. The maximum absolute atomic E-state index is 6.70. The second-order valence-corrected chi connectivity index (χ2v) is 15.5. The van der Waals surface area contributed by atoms with Gasteiger partial charge in [-0.1, -0.05) is 73.7 Å². The van der Waals surface area contributed by atoms with Crippen LogP contribution in [0.25, 0.3) is 0 Å². The fourth-order valence-electron chi connectivity index (χ4n) is 3.42. The van der Waals surface area contributed by atoms with Crippen molar-refractivity contribution in [1.82, 2.24) is 0 Å². The SMILES string of the molecule is CC1(C)O[C@@H]([C@@H]2O[C@@]2(CI)O[Si](C)(C)C(C)(C)C)[C@H](COCc2ccccc2)O1. The number of benzene rings is 1. The molecule has 0 aromatic heterocycles. The molecular formula is C22H35IO5Si. The molecule has 5 nitrogen and oxygen atoms in total. The van der Waals surface area contributed by atoms with Gasteiger partial charge in [-0.2, -0.15) is 0 Å². The summed E-state index contributed by atoms with van der Waals surface area (Å²) in [6, 6.07) is 10.2. The molecule has 2 fully saturated rings. The second kappa shape index (κ2) is 8.48. The topological polar surface area (TPSA) is 49.5 Å². The van der Waals surface area contributed by atoms with E-state index in [1.807, 2.05) is 32.0 Å². The summed E-state index contributed by atoms with van der Waals surface area (Å²) >= 11 is 2.36. The molecule has 0 saturated carbocycles. The van der Waals surface area contributed by atoms with E-state index in [0.29, 0.717) is 13.2 Å². The first-order valence-electron chi connectivity index (χ1n) is 10.3. The normalized spacial score (nSPS) is 31.8. The highest BCUT2D eigenvalue weighted by Gasteiger charge is 2.67. The van der Waals surface area contributed by atoms with Crippen molar-refractivity contribution in [2.24, 2.45) is 0 Å². The molecule has 2 aliphatic heterocycles. The molecule has 1 aromatic carbocycles. The molecule has 29 heavy (non-hydrogen) atoms. The minimum absolute atomic E-state index is 0.118. The summed E-state index contributed by atoms with van der Waals surface area (Å²) in [6.07, 6.45) is -0.535. The van der Waals surface area contributed by atoms with Crippen molar-refractivity contribution in [2.75, 3.05) is 11.0 Å². The Kier molecular flexibility index (Phi) is 6.91. The monoisotopic (exact) mass is 534 g/mol. The van der Waals surface area contributed by atoms with E-state index in [0.717, 1.165) is 9.99 Å². The molecule has 0 aliphatic carbocycles. The van der Waals surface area contributed by atoms with Crippen LogP contribution in [0.15, 0.2) is 30.3 Å². The van der Waals surface area contributed by atoms with Gasteiger partial charge in [0.05, 0.1) is 17.6 Å². The Morgan fingerprint density at radius 1 is 1.07 bits per heavy atom. The van der Waals surface area contributed by atoms with Crippen molar-refractivity contribution in [3.8, 4) is 0 Å². The van der Waals surface area contributed by atoms with Crippen molar-refractivity contribution >= 4 is 30.9 Å². The first-order chi connectivity index (χ1) is 13.4. The van der Waals surface area contributed by atoms with Gasteiger partial charge in [0.2, 0.25) is 0 Å². The van der Waals surface area contributed by atoms with Crippen LogP contribution in [0.1, 0.15) is 40.2 Å². The molecule has 2 aliphatic rings. The lowest BCUT2D eigenvalue weighted by molar-refractivity contribution is -0.152. The van der Waals surface area contributed by atoms with Gasteiger partial charge in [0.1, 0.15) is 18.3 Å². The minimum atomic E-state index is -1.98. The van der Waals surface area contributed by atoms with Gasteiger partial charge in [-0.15, -0.1) is 0 Å². The van der Waals surface area contributed by atoms with Crippen LogP contribution in [0.4, 0.5) is 0 Å². The Morgan fingerprint density at radius 2 is 1.72 bits per heavy atom. The first-order valence-corrected chi connectivity index (χ1v) is 14.7. The molecular weight excluding hydrogens is 499 g/mol. The van der Waals surface area contributed by atoms with Crippen LogP contribution in [0.3, 0.4) is 0 Å². The van der Waals surface area contributed by atoms with E-state index >= 15 is 0 Å². The summed E-state index contributed by atoms with van der Waals surface area (Å²) in [5.41, 5.74) is 1.15. The smallest absolute Gasteiger partial charge is 0.198 e. The molecule has 1 aromatic rings. The predicted octanol–water partition coefficient (Wildman–Crippen LogP) is 5.28. The molecule has 0 unspecified atom stereocenters. The molecule has 164 valence electrons. The number of hydrogen-bond donors (Lipinski definition) is 0. The predicted molar refractivity (Wildman–Crippen MR) is 125 cm³/mol. The molecule has 4 atom stereocenters. The van der Waals surface area contributed by atoms with E-state index in [4.69, 9.17) is 23.4 Å². The molecule has 2 saturated heterocycles. The van der Waals surface area contributed by atoms with E-state index < -0.39 is 19.9 Å². The largest absolute Gasteiger partial charge is 0.387 e. The molecule has 7 heteroatoms. The van der Waals surface area contributed by atoms with Gasteiger partial charge in [-0.25, -0.2) is 0 Å². The fraction of sp³-hybridized carbons (Fsp3) is 0.727. The highest BCUT2D eigenvalue weighted by atomic mass is 127. The third-order valence-corrected chi connectivity index (χ3v) is 11.6. The molecule has 2 heterocycles. The number of halogens is 1. The standard InChI is InChI=1S/C22H35IO5Si/c1-20(2,3)29(6,7)28-22(15-23)19(27-22)18-17(25-21(4,5)26-18)14-24-13-16-11-9-8-10-12-16/h8-12,17-19H,13-15H2,1-7H3/t17-,18+,19-,22-/m0/s1. The molecule has 3 rings (SSSR count). The van der Waals surface area contributed by atoms with Crippen molar-refractivity contribution in [1.29, 1.82) is 0 Å². The fourth-order valence-corrected chi connectivity index (χ4v) is 5.89. The number of hydrogen-bond acceptors (Lipinski definition) is 5. The van der Waals surface area contributed by atoms with Gasteiger partial charge in [0.15, 0.2) is 19.9 Å². The summed E-state index contributed by atoms with van der Waals surface area (Å²) in [5, 5.41) is 0.118. The number of ether oxygens (including phenoxy) is 4. The number of alkyl halides is 1. The van der Waals surface area contributed by atoms with Gasteiger partial charge in [0, 0.05) is 0 Å². The number of epoxide rings is 1. The van der Waals surface area contributed by atoms with Crippen LogP contribution in [0, 0.1) is 0 Å².